The van der Waals surface area contributed by atoms with Crippen LogP contribution in [0.4, 0.5) is 5.82 Å². The van der Waals surface area contributed by atoms with Crippen molar-refractivity contribution >= 4 is 11.7 Å². The number of anilines is 1. The maximum Gasteiger partial charge on any atom is 0.276 e. The van der Waals surface area contributed by atoms with Crippen molar-refractivity contribution in [2.45, 2.75) is 19.4 Å². The van der Waals surface area contributed by atoms with Crippen molar-refractivity contribution in [1.82, 2.24) is 14.9 Å². The summed E-state index contributed by atoms with van der Waals surface area (Å²) in [5, 5.41) is 0. The minimum Gasteiger partial charge on any atom is -0.485 e. The van der Waals surface area contributed by atoms with Crippen LogP contribution in [-0.2, 0) is 0 Å². The van der Waals surface area contributed by atoms with Crippen molar-refractivity contribution in [3.8, 4) is 5.75 Å². The molecular weight excluding hydrogens is 296 g/mol. The number of carbonyl (C=O) groups is 1. The van der Waals surface area contributed by atoms with Crippen molar-refractivity contribution in [2.75, 3.05) is 32.1 Å². The molecule has 0 aliphatic carbocycles. The predicted octanol–water partition coefficient (Wildman–Crippen LogP) is 1.74. The van der Waals surface area contributed by atoms with Gasteiger partial charge in [0.05, 0.1) is 6.54 Å². The van der Waals surface area contributed by atoms with Gasteiger partial charge in [-0.2, -0.15) is 0 Å². The number of aryl methyl sites for hydroxylation is 1. The van der Waals surface area contributed by atoms with Gasteiger partial charge in [-0.3, -0.25) is 4.79 Å². The van der Waals surface area contributed by atoms with Gasteiger partial charge in [0.2, 0.25) is 0 Å². The van der Waals surface area contributed by atoms with E-state index in [9.17, 15) is 4.79 Å². The Labute approximate surface area is 134 Å². The van der Waals surface area contributed by atoms with E-state index < -0.39 is 0 Å². The van der Waals surface area contributed by atoms with Crippen LogP contribution in [0.15, 0.2) is 29.1 Å². The molecule has 1 fully saturated rings. The molecule has 0 aromatic carbocycles. The van der Waals surface area contributed by atoms with Crippen LogP contribution in [0.3, 0.4) is 0 Å². The summed E-state index contributed by atoms with van der Waals surface area (Å²) in [5.41, 5.74) is 0.376. The lowest BCUT2D eigenvalue weighted by Crippen LogP contribution is -2.31. The highest BCUT2D eigenvalue weighted by Gasteiger charge is 2.31. The van der Waals surface area contributed by atoms with Crippen LogP contribution in [0.5, 0.6) is 5.75 Å². The van der Waals surface area contributed by atoms with Gasteiger partial charge in [-0.25, -0.2) is 9.97 Å². The second-order valence-electron chi connectivity index (χ2n) is 5.76. The molecule has 0 bridgehead atoms. The smallest absolute Gasteiger partial charge is 0.276 e. The molecule has 7 heteroatoms. The molecule has 0 radical (unpaired) electrons. The van der Waals surface area contributed by atoms with E-state index in [-0.39, 0.29) is 12.0 Å². The second kappa shape index (κ2) is 6.28. The standard InChI is InChI=1S/C16H20N4O3/c1-11-14(18-10-22-11)16(21)20-8-6-12(9-20)23-13-5-4-7-17-15(13)19(2)3/h4-5,7,10,12H,6,8-9H2,1-3H3. The molecular formula is C16H20N4O3. The fraction of sp³-hybridized carbons (Fsp3) is 0.438. The highest BCUT2D eigenvalue weighted by atomic mass is 16.5. The Morgan fingerprint density at radius 3 is 2.96 bits per heavy atom. The number of nitrogens with zero attached hydrogens (tertiary/aromatic N) is 4. The van der Waals surface area contributed by atoms with Gasteiger partial charge < -0.3 is 19.0 Å². The monoisotopic (exact) mass is 316 g/mol. The van der Waals surface area contributed by atoms with Gasteiger partial charge in [-0.15, -0.1) is 0 Å². The molecule has 0 saturated carbocycles. The van der Waals surface area contributed by atoms with Gasteiger partial charge in [-0.1, -0.05) is 0 Å². The molecule has 1 atom stereocenters. The number of ether oxygens (including phenoxy) is 1. The van der Waals surface area contributed by atoms with Gasteiger partial charge in [0.15, 0.2) is 23.7 Å². The molecule has 1 unspecified atom stereocenters. The number of oxazole rings is 1. The lowest BCUT2D eigenvalue weighted by atomic mass is 10.3. The van der Waals surface area contributed by atoms with Gasteiger partial charge in [0.1, 0.15) is 11.9 Å². The van der Waals surface area contributed by atoms with Gasteiger partial charge in [-0.05, 0) is 19.1 Å². The normalized spacial score (nSPS) is 17.3. The highest BCUT2D eigenvalue weighted by molar-refractivity contribution is 5.93. The maximum atomic E-state index is 12.4. The van der Waals surface area contributed by atoms with Crippen molar-refractivity contribution in [3.63, 3.8) is 0 Å². The number of amides is 1. The number of likely N-dealkylation sites (tertiary alicyclic amines) is 1. The van der Waals surface area contributed by atoms with Crippen molar-refractivity contribution in [2.24, 2.45) is 0 Å². The minimum atomic E-state index is -0.110. The van der Waals surface area contributed by atoms with Crippen LogP contribution in [0.25, 0.3) is 0 Å². The van der Waals surface area contributed by atoms with Crippen LogP contribution in [0, 0.1) is 6.92 Å². The lowest BCUT2D eigenvalue weighted by Gasteiger charge is -2.20. The fourth-order valence-electron chi connectivity index (χ4n) is 2.66. The number of rotatable bonds is 4. The zero-order valence-electron chi connectivity index (χ0n) is 13.5. The van der Waals surface area contributed by atoms with E-state index in [1.54, 1.807) is 18.0 Å². The molecule has 23 heavy (non-hydrogen) atoms. The van der Waals surface area contributed by atoms with E-state index in [0.717, 1.165) is 18.0 Å². The van der Waals surface area contributed by atoms with Gasteiger partial charge in [0.25, 0.3) is 5.91 Å². The van der Waals surface area contributed by atoms with Gasteiger partial charge in [0, 0.05) is 33.3 Å². The van der Waals surface area contributed by atoms with Crippen molar-refractivity contribution in [3.05, 3.63) is 36.2 Å². The first-order valence-corrected chi connectivity index (χ1v) is 7.54. The molecule has 122 valence electrons. The molecule has 0 N–H and O–H groups in total. The zero-order chi connectivity index (χ0) is 16.4. The summed E-state index contributed by atoms with van der Waals surface area (Å²) in [7, 11) is 3.85. The van der Waals surface area contributed by atoms with E-state index in [4.69, 9.17) is 9.15 Å². The number of carbonyl (C=O) groups excluding carboxylic acids is 1. The Morgan fingerprint density at radius 1 is 1.43 bits per heavy atom. The molecule has 1 aliphatic rings. The summed E-state index contributed by atoms with van der Waals surface area (Å²) in [6, 6.07) is 3.74. The third kappa shape index (κ3) is 3.13. The fourth-order valence-corrected chi connectivity index (χ4v) is 2.66. The molecule has 7 nitrogen and oxygen atoms in total. The molecule has 2 aromatic heterocycles. The average Bonchev–Trinajstić information content (AvgIpc) is 3.16. The third-order valence-electron chi connectivity index (χ3n) is 3.85. The molecule has 2 aromatic rings. The Kier molecular flexibility index (Phi) is 4.18. The summed E-state index contributed by atoms with van der Waals surface area (Å²) >= 11 is 0. The van der Waals surface area contributed by atoms with E-state index in [1.165, 1.54) is 6.39 Å². The largest absolute Gasteiger partial charge is 0.485 e. The predicted molar refractivity (Wildman–Crippen MR) is 84.7 cm³/mol. The highest BCUT2D eigenvalue weighted by Crippen LogP contribution is 2.27. The zero-order valence-corrected chi connectivity index (χ0v) is 13.5. The average molecular weight is 316 g/mol. The molecule has 3 rings (SSSR count). The first-order valence-electron chi connectivity index (χ1n) is 7.54. The second-order valence-corrected chi connectivity index (χ2v) is 5.76. The summed E-state index contributed by atoms with van der Waals surface area (Å²) in [4.78, 5) is 24.4. The van der Waals surface area contributed by atoms with Crippen molar-refractivity contribution < 1.29 is 13.9 Å². The van der Waals surface area contributed by atoms with E-state index in [1.807, 2.05) is 31.1 Å². The Balaban J connectivity index is 1.67. The quantitative estimate of drug-likeness (QED) is 0.855. The van der Waals surface area contributed by atoms with Crippen LogP contribution in [-0.4, -0.2) is 54.1 Å². The van der Waals surface area contributed by atoms with E-state index in [0.29, 0.717) is 24.5 Å². The summed E-state index contributed by atoms with van der Waals surface area (Å²) < 4.78 is 11.2. The summed E-state index contributed by atoms with van der Waals surface area (Å²) in [6.45, 7) is 2.92. The molecule has 1 amide bonds. The number of aromatic nitrogens is 2. The first-order chi connectivity index (χ1) is 11.1. The van der Waals surface area contributed by atoms with Crippen LogP contribution >= 0.6 is 0 Å². The number of hydrogen-bond acceptors (Lipinski definition) is 6. The van der Waals surface area contributed by atoms with Crippen LogP contribution in [0.1, 0.15) is 22.7 Å². The summed E-state index contributed by atoms with van der Waals surface area (Å²) in [5.74, 6) is 1.95. The van der Waals surface area contributed by atoms with Crippen molar-refractivity contribution in [1.29, 1.82) is 0 Å². The third-order valence-corrected chi connectivity index (χ3v) is 3.85. The summed E-state index contributed by atoms with van der Waals surface area (Å²) in [6.07, 6.45) is 3.77. The molecule has 1 saturated heterocycles. The minimum absolute atomic E-state index is 0.0472. The molecule has 3 heterocycles. The SMILES string of the molecule is Cc1ocnc1C(=O)N1CCC(Oc2cccnc2N(C)C)C1. The Hall–Kier alpha value is -2.57. The van der Waals surface area contributed by atoms with E-state index >= 15 is 0 Å². The Morgan fingerprint density at radius 2 is 2.26 bits per heavy atom. The lowest BCUT2D eigenvalue weighted by molar-refractivity contribution is 0.0765. The molecule has 1 aliphatic heterocycles. The maximum absolute atomic E-state index is 12.4. The topological polar surface area (TPSA) is 71.7 Å². The molecule has 0 spiro atoms. The number of hydrogen-bond donors (Lipinski definition) is 0. The van der Waals surface area contributed by atoms with E-state index in [2.05, 4.69) is 9.97 Å². The first kappa shape index (κ1) is 15.3. The van der Waals surface area contributed by atoms with Crippen LogP contribution in [0.2, 0.25) is 0 Å². The Bertz CT molecular complexity index is 698. The van der Waals surface area contributed by atoms with Gasteiger partial charge >= 0.3 is 0 Å². The van der Waals surface area contributed by atoms with Crippen LogP contribution < -0.4 is 9.64 Å². The number of pyridine rings is 1.